The van der Waals surface area contributed by atoms with Crippen molar-refractivity contribution >= 4 is 16.8 Å². The topological polar surface area (TPSA) is 68.7 Å². The molecule has 0 saturated heterocycles. The van der Waals surface area contributed by atoms with Gasteiger partial charge in [0.2, 0.25) is 5.91 Å². The normalized spacial score (nSPS) is 10.3. The second-order valence-corrected chi connectivity index (χ2v) is 4.50. The van der Waals surface area contributed by atoms with E-state index >= 15 is 0 Å². The van der Waals surface area contributed by atoms with E-state index in [2.05, 4.69) is 16.4 Å². The highest BCUT2D eigenvalue weighted by Gasteiger charge is 2.07. The lowest BCUT2D eigenvalue weighted by Gasteiger charge is -2.03. The number of nitriles is 1. The lowest BCUT2D eigenvalue weighted by molar-refractivity contribution is -0.120. The number of nitrogens with one attached hydrogen (secondary N) is 2. The lowest BCUT2D eigenvalue weighted by Crippen LogP contribution is -2.25. The molecule has 1 aromatic carbocycles. The van der Waals surface area contributed by atoms with E-state index in [1.165, 1.54) is 0 Å². The molecule has 1 amide bonds. The molecule has 0 spiro atoms. The van der Waals surface area contributed by atoms with Gasteiger partial charge in [-0.05, 0) is 24.5 Å². The molecule has 0 bridgehead atoms. The number of hydrogen-bond donors (Lipinski definition) is 2. The molecule has 4 heteroatoms. The summed E-state index contributed by atoms with van der Waals surface area (Å²) in [6, 6.07) is 10.1. The summed E-state index contributed by atoms with van der Waals surface area (Å²) in [5.41, 5.74) is 2.07. The van der Waals surface area contributed by atoms with Gasteiger partial charge in [0, 0.05) is 30.1 Å². The standard InChI is InChI=1S/C15H17N3O/c16-8-4-1-5-9-17-15(19)10-12-11-18-14-7-3-2-6-13(12)14/h2-3,6-7,11,18H,1,4-5,9-10H2,(H,17,19). The van der Waals surface area contributed by atoms with Crippen LogP contribution in [-0.2, 0) is 11.2 Å². The molecule has 0 atom stereocenters. The fourth-order valence-electron chi connectivity index (χ4n) is 2.07. The highest BCUT2D eigenvalue weighted by Crippen LogP contribution is 2.17. The van der Waals surface area contributed by atoms with Crippen LogP contribution in [0.3, 0.4) is 0 Å². The van der Waals surface area contributed by atoms with Gasteiger partial charge < -0.3 is 10.3 Å². The molecule has 0 unspecified atom stereocenters. The van der Waals surface area contributed by atoms with Gasteiger partial charge in [-0.25, -0.2) is 0 Å². The fraction of sp³-hybridized carbons (Fsp3) is 0.333. The Bertz CT molecular complexity index is 595. The van der Waals surface area contributed by atoms with E-state index in [1.807, 2.05) is 30.5 Å². The van der Waals surface area contributed by atoms with Crippen LogP contribution in [0.2, 0.25) is 0 Å². The zero-order chi connectivity index (χ0) is 13.5. The maximum atomic E-state index is 11.8. The number of H-pyrrole nitrogens is 1. The molecule has 19 heavy (non-hydrogen) atoms. The van der Waals surface area contributed by atoms with Gasteiger partial charge in [-0.2, -0.15) is 5.26 Å². The summed E-state index contributed by atoms with van der Waals surface area (Å²) in [6.45, 7) is 0.642. The van der Waals surface area contributed by atoms with Gasteiger partial charge in [-0.3, -0.25) is 4.79 Å². The predicted octanol–water partition coefficient (Wildman–Crippen LogP) is 2.52. The monoisotopic (exact) mass is 255 g/mol. The molecular formula is C15H17N3O. The molecule has 0 aliphatic carbocycles. The van der Waals surface area contributed by atoms with Crippen molar-refractivity contribution in [1.82, 2.24) is 10.3 Å². The van der Waals surface area contributed by atoms with Gasteiger partial charge in [0.25, 0.3) is 0 Å². The molecule has 0 fully saturated rings. The zero-order valence-corrected chi connectivity index (χ0v) is 10.8. The van der Waals surface area contributed by atoms with E-state index in [0.717, 1.165) is 29.3 Å². The van der Waals surface area contributed by atoms with Crippen molar-refractivity contribution in [3.63, 3.8) is 0 Å². The Labute approximate surface area is 112 Å². The van der Waals surface area contributed by atoms with Crippen molar-refractivity contribution in [1.29, 1.82) is 5.26 Å². The average molecular weight is 255 g/mol. The van der Waals surface area contributed by atoms with E-state index in [9.17, 15) is 4.79 Å². The molecule has 0 saturated carbocycles. The van der Waals surface area contributed by atoms with E-state index in [1.54, 1.807) is 0 Å². The van der Waals surface area contributed by atoms with Crippen molar-refractivity contribution in [2.45, 2.75) is 25.7 Å². The summed E-state index contributed by atoms with van der Waals surface area (Å²) in [5, 5.41) is 12.4. The molecule has 2 aromatic rings. The van der Waals surface area contributed by atoms with E-state index in [0.29, 0.717) is 19.4 Å². The first-order valence-electron chi connectivity index (χ1n) is 6.50. The maximum Gasteiger partial charge on any atom is 0.224 e. The van der Waals surface area contributed by atoms with Crippen LogP contribution in [0.5, 0.6) is 0 Å². The summed E-state index contributed by atoms with van der Waals surface area (Å²) in [6.07, 6.45) is 4.53. The van der Waals surface area contributed by atoms with Crippen LogP contribution in [0.1, 0.15) is 24.8 Å². The highest BCUT2D eigenvalue weighted by molar-refractivity contribution is 5.88. The van der Waals surface area contributed by atoms with Crippen molar-refractivity contribution in [2.24, 2.45) is 0 Å². The largest absolute Gasteiger partial charge is 0.361 e. The van der Waals surface area contributed by atoms with Gasteiger partial charge in [0.15, 0.2) is 0 Å². The Morgan fingerprint density at radius 3 is 3.00 bits per heavy atom. The third-order valence-corrected chi connectivity index (χ3v) is 3.06. The number of hydrogen-bond acceptors (Lipinski definition) is 2. The predicted molar refractivity (Wildman–Crippen MR) is 74.5 cm³/mol. The van der Waals surface area contributed by atoms with Gasteiger partial charge in [-0.15, -0.1) is 0 Å². The Balaban J connectivity index is 1.84. The summed E-state index contributed by atoms with van der Waals surface area (Å²) in [4.78, 5) is 15.0. The minimum atomic E-state index is 0.0294. The zero-order valence-electron chi connectivity index (χ0n) is 10.8. The number of carbonyl (C=O) groups excluding carboxylic acids is 1. The van der Waals surface area contributed by atoms with Crippen LogP contribution in [0.4, 0.5) is 0 Å². The lowest BCUT2D eigenvalue weighted by atomic mass is 10.1. The summed E-state index contributed by atoms with van der Waals surface area (Å²) in [5.74, 6) is 0.0294. The van der Waals surface area contributed by atoms with Gasteiger partial charge in [0.1, 0.15) is 0 Å². The van der Waals surface area contributed by atoms with Crippen molar-refractivity contribution < 1.29 is 4.79 Å². The van der Waals surface area contributed by atoms with Crippen LogP contribution in [0.15, 0.2) is 30.5 Å². The molecule has 0 aliphatic heterocycles. The van der Waals surface area contributed by atoms with Crippen molar-refractivity contribution in [3.05, 3.63) is 36.0 Å². The molecule has 0 radical (unpaired) electrons. The Hall–Kier alpha value is -2.28. The average Bonchev–Trinajstić information content (AvgIpc) is 2.82. The first-order valence-corrected chi connectivity index (χ1v) is 6.50. The first-order chi connectivity index (χ1) is 9.31. The molecule has 1 heterocycles. The Kier molecular flexibility index (Phi) is 4.57. The Morgan fingerprint density at radius 1 is 1.32 bits per heavy atom. The smallest absolute Gasteiger partial charge is 0.224 e. The third-order valence-electron chi connectivity index (χ3n) is 3.06. The molecule has 2 N–H and O–H groups in total. The molecular weight excluding hydrogens is 238 g/mol. The third kappa shape index (κ3) is 3.59. The van der Waals surface area contributed by atoms with Gasteiger partial charge in [-0.1, -0.05) is 18.2 Å². The number of aromatic nitrogens is 1. The summed E-state index contributed by atoms with van der Waals surface area (Å²) < 4.78 is 0. The summed E-state index contributed by atoms with van der Waals surface area (Å²) >= 11 is 0. The van der Waals surface area contributed by atoms with Crippen LogP contribution < -0.4 is 5.32 Å². The van der Waals surface area contributed by atoms with Crippen molar-refractivity contribution in [3.8, 4) is 6.07 Å². The van der Waals surface area contributed by atoms with Crippen LogP contribution in [-0.4, -0.2) is 17.4 Å². The minimum Gasteiger partial charge on any atom is -0.361 e. The molecule has 1 aromatic heterocycles. The van der Waals surface area contributed by atoms with E-state index in [4.69, 9.17) is 5.26 Å². The number of fused-ring (bicyclic) bond motifs is 1. The molecule has 4 nitrogen and oxygen atoms in total. The minimum absolute atomic E-state index is 0.0294. The Morgan fingerprint density at radius 2 is 2.16 bits per heavy atom. The van der Waals surface area contributed by atoms with Crippen LogP contribution in [0.25, 0.3) is 10.9 Å². The van der Waals surface area contributed by atoms with Gasteiger partial charge >= 0.3 is 0 Å². The second kappa shape index (κ2) is 6.60. The fourth-order valence-corrected chi connectivity index (χ4v) is 2.07. The number of carbonyl (C=O) groups is 1. The molecule has 2 rings (SSSR count). The van der Waals surface area contributed by atoms with Crippen LogP contribution >= 0.6 is 0 Å². The highest BCUT2D eigenvalue weighted by atomic mass is 16.1. The number of nitrogens with zero attached hydrogens (tertiary/aromatic N) is 1. The van der Waals surface area contributed by atoms with E-state index in [-0.39, 0.29) is 5.91 Å². The number of aromatic amines is 1. The molecule has 98 valence electrons. The van der Waals surface area contributed by atoms with Crippen molar-refractivity contribution in [2.75, 3.05) is 6.54 Å². The first kappa shape index (κ1) is 13.2. The number of benzene rings is 1. The number of amides is 1. The maximum absolute atomic E-state index is 11.8. The number of rotatable bonds is 6. The second-order valence-electron chi connectivity index (χ2n) is 4.50. The van der Waals surface area contributed by atoms with Gasteiger partial charge in [0.05, 0.1) is 12.5 Å². The van der Waals surface area contributed by atoms with Crippen LogP contribution in [0, 0.1) is 11.3 Å². The SMILES string of the molecule is N#CCCCCNC(=O)Cc1c[nH]c2ccccc12. The molecule has 0 aliphatic rings. The number of para-hydroxylation sites is 1. The number of unbranched alkanes of at least 4 members (excludes halogenated alkanes) is 2. The quantitative estimate of drug-likeness (QED) is 0.779. The summed E-state index contributed by atoms with van der Waals surface area (Å²) in [7, 11) is 0. The van der Waals surface area contributed by atoms with E-state index < -0.39 is 0 Å².